The summed E-state index contributed by atoms with van der Waals surface area (Å²) in [5.41, 5.74) is -0.450. The van der Waals surface area contributed by atoms with E-state index >= 15 is 0 Å². The topological polar surface area (TPSA) is 65.5 Å². The molecule has 0 unspecified atom stereocenters. The summed E-state index contributed by atoms with van der Waals surface area (Å²) in [5, 5.41) is 5.96. The van der Waals surface area contributed by atoms with E-state index in [1.807, 2.05) is 0 Å². The van der Waals surface area contributed by atoms with E-state index in [1.54, 1.807) is 11.0 Å². The fourth-order valence-corrected chi connectivity index (χ4v) is 5.64. The summed E-state index contributed by atoms with van der Waals surface area (Å²) in [6, 6.07) is 4.55. The van der Waals surface area contributed by atoms with Crippen LogP contribution in [0.3, 0.4) is 0 Å². The summed E-state index contributed by atoms with van der Waals surface area (Å²) in [4.78, 5) is 12.4. The highest BCUT2D eigenvalue weighted by atomic mass is 19.4. The molecule has 3 fully saturated rings. The molecule has 2 N–H and O–H groups in total. The number of piperidine rings is 2. The first-order valence-corrected chi connectivity index (χ1v) is 12.7. The number of morpholine rings is 1. The third-order valence-electron chi connectivity index (χ3n) is 7.41. The molecule has 1 aromatic heterocycles. The molecule has 11 heteroatoms. The molecule has 1 aromatic carbocycles. The fraction of sp³-hybridized carbons (Fsp3) is 0.600. The lowest BCUT2D eigenvalue weighted by atomic mass is 9.83. The maximum Gasteiger partial charge on any atom is 0.418 e. The van der Waals surface area contributed by atoms with Crippen molar-refractivity contribution in [1.82, 2.24) is 14.9 Å². The van der Waals surface area contributed by atoms with Gasteiger partial charge in [0, 0.05) is 37.1 Å². The number of hydrogen-bond donors (Lipinski definition) is 2. The summed E-state index contributed by atoms with van der Waals surface area (Å²) in [5.74, 6) is -0.0853. The fourth-order valence-electron chi connectivity index (χ4n) is 5.64. The maximum absolute atomic E-state index is 14.5. The summed E-state index contributed by atoms with van der Waals surface area (Å²) in [7, 11) is 0. The lowest BCUT2D eigenvalue weighted by molar-refractivity contribution is -0.137. The summed E-state index contributed by atoms with van der Waals surface area (Å²) in [6.07, 6.45) is 2.33. The molecular formula is C25H32F4N6O. The highest BCUT2D eigenvalue weighted by Crippen LogP contribution is 2.39. The van der Waals surface area contributed by atoms with E-state index in [2.05, 4.69) is 25.5 Å². The predicted molar refractivity (Wildman–Crippen MR) is 130 cm³/mol. The Labute approximate surface area is 208 Å². The molecule has 3 aliphatic heterocycles. The standard InChI is InChI=1S/C25H32F4N6O/c26-20-16-31-24(33-23(20)30-15-17-4-3-9-34-8-2-1-5-21(17)34)32-18-6-7-22(19(14-18)25(27,28)29)35-10-12-36-13-11-35/h6-7,14,16-17,21H,1-5,8-13,15H2,(H2,30,31,32,33)/t17-,21+/m0/s1. The zero-order valence-corrected chi connectivity index (χ0v) is 20.2. The average Bonchev–Trinajstić information content (AvgIpc) is 2.89. The van der Waals surface area contributed by atoms with Gasteiger partial charge in [-0.15, -0.1) is 0 Å². The monoisotopic (exact) mass is 508 g/mol. The molecule has 7 nitrogen and oxygen atoms in total. The van der Waals surface area contributed by atoms with Gasteiger partial charge in [0.2, 0.25) is 5.95 Å². The van der Waals surface area contributed by atoms with Crippen LogP contribution in [0, 0.1) is 11.7 Å². The van der Waals surface area contributed by atoms with Crippen LogP contribution in [0.2, 0.25) is 0 Å². The largest absolute Gasteiger partial charge is 0.418 e. The lowest BCUT2D eigenvalue weighted by Gasteiger charge is -2.44. The zero-order valence-electron chi connectivity index (χ0n) is 20.2. The molecular weight excluding hydrogens is 476 g/mol. The van der Waals surface area contributed by atoms with Crippen LogP contribution in [-0.2, 0) is 10.9 Å². The maximum atomic E-state index is 14.5. The van der Waals surface area contributed by atoms with Crippen LogP contribution in [-0.4, -0.2) is 66.8 Å². The third kappa shape index (κ3) is 5.67. The first-order valence-electron chi connectivity index (χ1n) is 12.7. The van der Waals surface area contributed by atoms with Crippen molar-refractivity contribution in [3.05, 3.63) is 35.8 Å². The van der Waals surface area contributed by atoms with Crippen LogP contribution in [0.5, 0.6) is 0 Å². The quantitative estimate of drug-likeness (QED) is 0.539. The Bertz CT molecular complexity index is 1040. The van der Waals surface area contributed by atoms with Crippen LogP contribution >= 0.6 is 0 Å². The van der Waals surface area contributed by atoms with Crippen LogP contribution in [0.1, 0.15) is 37.7 Å². The first-order chi connectivity index (χ1) is 17.4. The van der Waals surface area contributed by atoms with Gasteiger partial charge in [0.05, 0.1) is 25.0 Å². The number of alkyl halides is 3. The van der Waals surface area contributed by atoms with E-state index in [4.69, 9.17) is 4.74 Å². The predicted octanol–water partition coefficient (Wildman–Crippen LogP) is 4.89. The zero-order chi connectivity index (χ0) is 25.1. The second kappa shape index (κ2) is 10.8. The van der Waals surface area contributed by atoms with Crippen LogP contribution in [0.15, 0.2) is 24.4 Å². The van der Waals surface area contributed by atoms with E-state index in [0.717, 1.165) is 44.6 Å². The van der Waals surface area contributed by atoms with Gasteiger partial charge >= 0.3 is 6.18 Å². The molecule has 4 heterocycles. The van der Waals surface area contributed by atoms with Crippen molar-refractivity contribution in [2.24, 2.45) is 5.92 Å². The van der Waals surface area contributed by atoms with Crippen molar-refractivity contribution in [1.29, 1.82) is 0 Å². The van der Waals surface area contributed by atoms with Crippen LogP contribution < -0.4 is 15.5 Å². The van der Waals surface area contributed by atoms with Gasteiger partial charge in [0.15, 0.2) is 11.6 Å². The van der Waals surface area contributed by atoms with Crippen molar-refractivity contribution in [3.8, 4) is 0 Å². The van der Waals surface area contributed by atoms with Crippen molar-refractivity contribution < 1.29 is 22.3 Å². The van der Waals surface area contributed by atoms with Crippen molar-refractivity contribution in [2.45, 2.75) is 44.3 Å². The van der Waals surface area contributed by atoms with Gasteiger partial charge in [-0.1, -0.05) is 6.42 Å². The molecule has 0 aliphatic carbocycles. The molecule has 196 valence electrons. The number of halogens is 4. The van der Waals surface area contributed by atoms with Gasteiger partial charge in [-0.25, -0.2) is 9.37 Å². The van der Waals surface area contributed by atoms with Crippen LogP contribution in [0.25, 0.3) is 0 Å². The Hall–Kier alpha value is -2.66. The van der Waals surface area contributed by atoms with Gasteiger partial charge in [-0.3, -0.25) is 0 Å². The minimum atomic E-state index is -4.53. The molecule has 3 aliphatic rings. The molecule has 36 heavy (non-hydrogen) atoms. The summed E-state index contributed by atoms with van der Waals surface area (Å²) in [6.45, 7) is 4.41. The number of aromatic nitrogens is 2. The third-order valence-corrected chi connectivity index (χ3v) is 7.41. The van der Waals surface area contributed by atoms with E-state index in [1.165, 1.54) is 18.9 Å². The number of benzene rings is 1. The minimum Gasteiger partial charge on any atom is -0.378 e. The highest BCUT2D eigenvalue weighted by Gasteiger charge is 2.36. The average molecular weight is 509 g/mol. The smallest absolute Gasteiger partial charge is 0.378 e. The van der Waals surface area contributed by atoms with E-state index in [9.17, 15) is 17.6 Å². The minimum absolute atomic E-state index is 0.0362. The van der Waals surface area contributed by atoms with Gasteiger partial charge in [0.25, 0.3) is 0 Å². The number of hydrogen-bond acceptors (Lipinski definition) is 7. The highest BCUT2D eigenvalue weighted by molar-refractivity contribution is 5.65. The first kappa shape index (κ1) is 25.0. The molecule has 3 saturated heterocycles. The number of nitrogens with zero attached hydrogens (tertiary/aromatic N) is 4. The number of anilines is 4. The molecule has 2 aromatic rings. The molecule has 0 radical (unpaired) electrons. The Balaban J connectivity index is 1.30. The Morgan fingerprint density at radius 1 is 1.03 bits per heavy atom. The number of ether oxygens (including phenoxy) is 1. The van der Waals surface area contributed by atoms with Gasteiger partial charge in [-0.05, 0) is 62.9 Å². The SMILES string of the molecule is Fc1cnc(Nc2ccc(N3CCOCC3)c(C(F)(F)F)c2)nc1NC[C@@H]1CCCN2CCCC[C@H]12. The van der Waals surface area contributed by atoms with Crippen molar-refractivity contribution in [2.75, 3.05) is 61.5 Å². The van der Waals surface area contributed by atoms with Crippen molar-refractivity contribution >= 4 is 23.1 Å². The summed E-state index contributed by atoms with van der Waals surface area (Å²) >= 11 is 0. The van der Waals surface area contributed by atoms with Crippen molar-refractivity contribution in [3.63, 3.8) is 0 Å². The molecule has 0 amide bonds. The molecule has 5 rings (SSSR count). The summed E-state index contributed by atoms with van der Waals surface area (Å²) < 4.78 is 61.3. The van der Waals surface area contributed by atoms with E-state index < -0.39 is 17.6 Å². The molecule has 0 spiro atoms. The van der Waals surface area contributed by atoms with Gasteiger partial charge in [0.1, 0.15) is 0 Å². The Morgan fingerprint density at radius 2 is 1.83 bits per heavy atom. The lowest BCUT2D eigenvalue weighted by Crippen LogP contribution is -2.49. The Kier molecular flexibility index (Phi) is 7.47. The van der Waals surface area contributed by atoms with Gasteiger partial charge < -0.3 is 25.2 Å². The number of nitrogens with one attached hydrogen (secondary N) is 2. The van der Waals surface area contributed by atoms with Crippen LogP contribution in [0.4, 0.5) is 40.7 Å². The number of fused-ring (bicyclic) bond motifs is 1. The normalized spacial score (nSPS) is 23.3. The number of rotatable bonds is 6. The van der Waals surface area contributed by atoms with E-state index in [-0.39, 0.29) is 23.1 Å². The second-order valence-corrected chi connectivity index (χ2v) is 9.73. The second-order valence-electron chi connectivity index (χ2n) is 9.73. The molecule has 0 bridgehead atoms. The Morgan fingerprint density at radius 3 is 2.64 bits per heavy atom. The molecule has 2 atom stereocenters. The van der Waals surface area contributed by atoms with Gasteiger partial charge in [-0.2, -0.15) is 18.2 Å². The molecule has 0 saturated carbocycles. The van der Waals surface area contributed by atoms with E-state index in [0.29, 0.717) is 44.8 Å².